The Morgan fingerprint density at radius 2 is 1.73 bits per heavy atom. The molecule has 0 saturated carbocycles. The van der Waals surface area contributed by atoms with Crippen LogP contribution < -0.4 is 28.7 Å². The Hall–Kier alpha value is -5.37. The molecule has 0 spiro atoms. The summed E-state index contributed by atoms with van der Waals surface area (Å²) in [5.74, 6) is -2.29. The van der Waals surface area contributed by atoms with Crippen LogP contribution in [0.4, 0.5) is 24.5 Å². The molecule has 52 heavy (non-hydrogen) atoms. The zero-order valence-electron chi connectivity index (χ0n) is 28.5. The average Bonchev–Trinajstić information content (AvgIpc) is 3.38. The van der Waals surface area contributed by atoms with Gasteiger partial charge in [-0.2, -0.15) is 5.26 Å². The molecule has 16 heteroatoms. The summed E-state index contributed by atoms with van der Waals surface area (Å²) in [6.07, 6.45) is -3.84. The molecule has 2 aliphatic heterocycles. The highest BCUT2D eigenvalue weighted by Crippen LogP contribution is 2.50. The highest BCUT2D eigenvalue weighted by molar-refractivity contribution is 7.93. The molecule has 272 valence electrons. The topological polar surface area (TPSA) is 137 Å². The van der Waals surface area contributed by atoms with Gasteiger partial charge in [-0.05, 0) is 74.1 Å². The molecule has 1 amide bonds. The van der Waals surface area contributed by atoms with Crippen LogP contribution in [0.3, 0.4) is 0 Å². The Kier molecular flexibility index (Phi) is 10.0. The van der Waals surface area contributed by atoms with E-state index in [4.69, 9.17) is 9.47 Å². The van der Waals surface area contributed by atoms with Gasteiger partial charge in [0.25, 0.3) is 15.9 Å². The third-order valence-corrected chi connectivity index (χ3v) is 10.7. The smallest absolute Gasteiger partial charge is 0.497 e. The van der Waals surface area contributed by atoms with E-state index in [9.17, 15) is 26.9 Å². The van der Waals surface area contributed by atoms with E-state index in [2.05, 4.69) is 31.9 Å². The summed E-state index contributed by atoms with van der Waals surface area (Å²) in [5.41, 5.74) is -0.208. The number of methoxy groups -OCH3 is 1. The van der Waals surface area contributed by atoms with E-state index in [-0.39, 0.29) is 47.2 Å². The minimum absolute atomic E-state index is 0.00867. The molecule has 1 unspecified atom stereocenters. The number of halogens is 3. The zero-order valence-corrected chi connectivity index (χ0v) is 29.3. The molecule has 0 bridgehead atoms. The maximum atomic E-state index is 15.1. The summed E-state index contributed by atoms with van der Waals surface area (Å²) in [4.78, 5) is 23.0. The van der Waals surface area contributed by atoms with E-state index in [1.807, 2.05) is 30.3 Å². The van der Waals surface area contributed by atoms with Gasteiger partial charge in [-0.1, -0.05) is 12.1 Å². The largest absolute Gasteiger partial charge is 0.573 e. The number of amides is 1. The Balaban J connectivity index is 1.50. The van der Waals surface area contributed by atoms with Gasteiger partial charge in [-0.15, -0.1) is 13.2 Å². The third kappa shape index (κ3) is 6.82. The number of ether oxygens (including phenoxy) is 3. The summed E-state index contributed by atoms with van der Waals surface area (Å²) in [5, 5.41) is 13.2. The molecular weight excluding hydrogens is 701 g/mol. The van der Waals surface area contributed by atoms with Crippen LogP contribution in [0, 0.1) is 11.3 Å². The monoisotopic (exact) mass is 736 g/mol. The molecule has 6 rings (SSSR count). The maximum absolute atomic E-state index is 15.1. The fourth-order valence-electron chi connectivity index (χ4n) is 6.41. The molecule has 3 aromatic carbocycles. The zero-order chi connectivity index (χ0) is 37.3. The standard InChI is InChI=1S/C36H35F3N6O6S/c1-4-50-33-28(6-5-15-41-33)35(42-23-24-7-10-26(11-8-24)44-18-16-43(2)17-19-44)29-20-25(22-40)9-13-30(29)45(34(35)46)52(47,48)32-14-12-27(49-3)21-31(32)51-36(37,38)39/h5-15,20-21,42H,4,16-19,23H2,1-3H3. The number of piperazine rings is 1. The van der Waals surface area contributed by atoms with Gasteiger partial charge in [0.1, 0.15) is 10.6 Å². The van der Waals surface area contributed by atoms with Crippen LogP contribution in [0.25, 0.3) is 0 Å². The van der Waals surface area contributed by atoms with Crippen molar-refractivity contribution < 1.29 is 40.6 Å². The number of carbonyl (C=O) groups is 1. The summed E-state index contributed by atoms with van der Waals surface area (Å²) in [7, 11) is -1.88. The number of carbonyl (C=O) groups excluding carboxylic acids is 1. The van der Waals surface area contributed by atoms with Crippen LogP contribution in [0.1, 0.15) is 29.2 Å². The number of benzene rings is 3. The van der Waals surface area contributed by atoms with Crippen molar-refractivity contribution >= 4 is 27.3 Å². The van der Waals surface area contributed by atoms with Gasteiger partial charge >= 0.3 is 6.36 Å². The van der Waals surface area contributed by atoms with Crippen LogP contribution in [-0.2, 0) is 26.9 Å². The number of fused-ring (bicyclic) bond motifs is 1. The number of alkyl halides is 3. The molecular formula is C36H35F3N6O6S. The fourth-order valence-corrected chi connectivity index (χ4v) is 7.97. The number of nitriles is 1. The minimum atomic E-state index is -5.28. The SMILES string of the molecule is CCOc1ncccc1C1(NCc2ccc(N3CCN(C)CC3)cc2)C(=O)N(S(=O)(=O)c2ccc(OC)cc2OC(F)(F)F)c2ccc(C#N)cc21. The molecule has 1 fully saturated rings. The summed E-state index contributed by atoms with van der Waals surface area (Å²) >= 11 is 0. The van der Waals surface area contributed by atoms with Crippen molar-refractivity contribution in [2.75, 3.05) is 56.1 Å². The van der Waals surface area contributed by atoms with E-state index in [1.165, 1.54) is 31.5 Å². The van der Waals surface area contributed by atoms with E-state index >= 15 is 4.79 Å². The van der Waals surface area contributed by atoms with Gasteiger partial charge in [-0.3, -0.25) is 10.1 Å². The lowest BCUT2D eigenvalue weighted by molar-refractivity contribution is -0.275. The molecule has 1 aromatic heterocycles. The van der Waals surface area contributed by atoms with Crippen molar-refractivity contribution in [3.05, 3.63) is 101 Å². The van der Waals surface area contributed by atoms with Crippen LogP contribution in [0.2, 0.25) is 0 Å². The molecule has 1 atom stereocenters. The van der Waals surface area contributed by atoms with Gasteiger partial charge in [0.2, 0.25) is 5.88 Å². The van der Waals surface area contributed by atoms with Crippen molar-refractivity contribution in [1.29, 1.82) is 5.26 Å². The highest BCUT2D eigenvalue weighted by Gasteiger charge is 2.58. The number of hydrogen-bond acceptors (Lipinski definition) is 11. The Bertz CT molecular complexity index is 2120. The first kappa shape index (κ1) is 36.4. The Morgan fingerprint density at radius 3 is 2.38 bits per heavy atom. The number of likely N-dealkylation sites (N-methyl/N-ethyl adjacent to an activating group) is 1. The average molecular weight is 737 g/mol. The number of hydrogen-bond donors (Lipinski definition) is 1. The molecule has 3 heterocycles. The van der Waals surface area contributed by atoms with Crippen molar-refractivity contribution in [2.24, 2.45) is 0 Å². The normalized spacial score (nSPS) is 17.8. The quantitative estimate of drug-likeness (QED) is 0.228. The predicted molar refractivity (Wildman–Crippen MR) is 185 cm³/mol. The van der Waals surface area contributed by atoms with Crippen LogP contribution in [0.15, 0.2) is 83.9 Å². The van der Waals surface area contributed by atoms with Crippen molar-refractivity contribution in [3.8, 4) is 23.4 Å². The number of sulfonamides is 1. The van der Waals surface area contributed by atoms with E-state index in [1.54, 1.807) is 19.1 Å². The van der Waals surface area contributed by atoms with Gasteiger partial charge < -0.3 is 24.0 Å². The lowest BCUT2D eigenvalue weighted by Crippen LogP contribution is -2.52. The van der Waals surface area contributed by atoms with Crippen molar-refractivity contribution in [1.82, 2.24) is 15.2 Å². The number of pyridine rings is 1. The lowest BCUT2D eigenvalue weighted by Gasteiger charge is -2.34. The first-order valence-corrected chi connectivity index (χ1v) is 17.7. The second-order valence-electron chi connectivity index (χ2n) is 12.1. The van der Waals surface area contributed by atoms with Crippen LogP contribution in [-0.4, -0.2) is 77.5 Å². The number of anilines is 2. The maximum Gasteiger partial charge on any atom is 0.573 e. The summed E-state index contributed by atoms with van der Waals surface area (Å²) in [6.45, 7) is 5.43. The van der Waals surface area contributed by atoms with Gasteiger partial charge in [0.15, 0.2) is 11.3 Å². The Morgan fingerprint density at radius 1 is 1.00 bits per heavy atom. The number of nitrogens with one attached hydrogen (secondary N) is 1. The number of nitrogens with zero attached hydrogens (tertiary/aromatic N) is 5. The van der Waals surface area contributed by atoms with E-state index < -0.39 is 38.5 Å². The lowest BCUT2D eigenvalue weighted by atomic mass is 9.83. The highest BCUT2D eigenvalue weighted by atomic mass is 32.2. The number of aromatic nitrogens is 1. The summed E-state index contributed by atoms with van der Waals surface area (Å²) in [6, 6.07) is 19.6. The first-order valence-electron chi connectivity index (χ1n) is 16.3. The minimum Gasteiger partial charge on any atom is -0.497 e. The van der Waals surface area contributed by atoms with Crippen molar-refractivity contribution in [3.63, 3.8) is 0 Å². The van der Waals surface area contributed by atoms with Gasteiger partial charge in [0.05, 0.1) is 31.0 Å². The molecule has 1 N–H and O–H groups in total. The van der Waals surface area contributed by atoms with E-state index in [0.717, 1.165) is 55.6 Å². The molecule has 2 aliphatic rings. The second kappa shape index (κ2) is 14.3. The third-order valence-electron chi connectivity index (χ3n) is 8.97. The molecule has 4 aromatic rings. The molecule has 0 aliphatic carbocycles. The van der Waals surface area contributed by atoms with Crippen molar-refractivity contribution in [2.45, 2.75) is 30.3 Å². The second-order valence-corrected chi connectivity index (χ2v) is 13.9. The first-order chi connectivity index (χ1) is 24.8. The summed E-state index contributed by atoms with van der Waals surface area (Å²) < 4.78 is 85.3. The number of rotatable bonds is 11. The van der Waals surface area contributed by atoms with Crippen LogP contribution >= 0.6 is 0 Å². The van der Waals surface area contributed by atoms with Gasteiger partial charge in [-0.25, -0.2) is 17.7 Å². The molecule has 1 saturated heterocycles. The predicted octanol–water partition coefficient (Wildman–Crippen LogP) is 4.78. The molecule has 0 radical (unpaired) electrons. The van der Waals surface area contributed by atoms with E-state index in [0.29, 0.717) is 4.31 Å². The molecule has 12 nitrogen and oxygen atoms in total. The fraction of sp³-hybridized carbons (Fsp3) is 0.306. The Labute approximate surface area is 299 Å². The van der Waals surface area contributed by atoms with Crippen LogP contribution in [0.5, 0.6) is 17.4 Å². The van der Waals surface area contributed by atoms with Gasteiger partial charge in [0, 0.05) is 61.8 Å².